The molecule has 0 saturated carbocycles. The molecule has 14 heteroatoms. The van der Waals surface area contributed by atoms with Crippen LogP contribution in [0.5, 0.6) is 0 Å². The van der Waals surface area contributed by atoms with Crippen LogP contribution in [0.15, 0.2) is 49.4 Å². The summed E-state index contributed by atoms with van der Waals surface area (Å²) in [4.78, 5) is 51.9. The molecule has 176 valence electrons. The Labute approximate surface area is 236 Å². The molecule has 4 aromatic rings. The molecule has 0 aliphatic heterocycles. The van der Waals surface area contributed by atoms with E-state index in [1.54, 1.807) is 26.3 Å². The summed E-state index contributed by atoms with van der Waals surface area (Å²) in [7, 11) is 4.67. The van der Waals surface area contributed by atoms with Gasteiger partial charge >= 0.3 is 167 Å². The number of H-pyrrole nitrogens is 1. The van der Waals surface area contributed by atoms with E-state index in [0.29, 0.717) is 54.7 Å². The summed E-state index contributed by atoms with van der Waals surface area (Å²) in [5.74, 6) is -1.53. The third-order valence-electron chi connectivity index (χ3n) is 5.19. The molecule has 4 rings (SSSR count). The number of carboxylic acids is 1. The zero-order valence-electron chi connectivity index (χ0n) is 19.7. The maximum Gasteiger partial charge on any atom is 1.00 e. The smallest absolute Gasteiger partial charge is 0.870 e. The largest absolute Gasteiger partial charge is 1.00 e. The fourth-order valence-electron chi connectivity index (χ4n) is 3.33. The number of ether oxygens (including phenoxy) is 1. The van der Waals surface area contributed by atoms with Crippen LogP contribution in [0.3, 0.4) is 0 Å². The van der Waals surface area contributed by atoms with Gasteiger partial charge in [0.1, 0.15) is 5.52 Å². The monoisotopic (exact) mass is 682 g/mol. The van der Waals surface area contributed by atoms with Gasteiger partial charge in [0.05, 0.1) is 6.33 Å². The van der Waals surface area contributed by atoms with Crippen molar-refractivity contribution in [2.24, 2.45) is 14.1 Å². The number of benzene rings is 1. The average Bonchev–Trinajstić information content (AvgIpc) is 3.30. The first-order chi connectivity index (χ1) is 15.7. The molecule has 2 N–H and O–H groups in total. The van der Waals surface area contributed by atoms with Gasteiger partial charge < -0.3 is 10.5 Å². The van der Waals surface area contributed by atoms with E-state index in [1.807, 2.05) is 6.07 Å². The van der Waals surface area contributed by atoms with Crippen molar-refractivity contribution < 1.29 is 80.2 Å². The number of nitrogens with one attached hydrogen (secondary N) is 1. The molecule has 1 aromatic carbocycles. The van der Waals surface area contributed by atoms with E-state index in [2.05, 4.69) is 9.97 Å². The Morgan fingerprint density at radius 1 is 1.26 bits per heavy atom. The van der Waals surface area contributed by atoms with Crippen molar-refractivity contribution in [2.75, 3.05) is 7.11 Å². The van der Waals surface area contributed by atoms with E-state index < -0.39 is 17.2 Å². The van der Waals surface area contributed by atoms with Gasteiger partial charge in [0, 0.05) is 14.1 Å². The third kappa shape index (κ3) is 6.57. The molecule has 3 aromatic heterocycles. The molecule has 3 heterocycles. The Morgan fingerprint density at radius 3 is 2.54 bits per heavy atom. The van der Waals surface area contributed by atoms with E-state index >= 15 is 0 Å². The molecule has 12 nitrogen and oxygen atoms in total. The molecule has 0 aliphatic carbocycles. The molecule has 35 heavy (non-hydrogen) atoms. The summed E-state index contributed by atoms with van der Waals surface area (Å²) in [5, 5.41) is 11.4. The van der Waals surface area contributed by atoms with Crippen molar-refractivity contribution in [1.82, 2.24) is 19.1 Å². The summed E-state index contributed by atoms with van der Waals surface area (Å²) in [5.41, 5.74) is -0.0524. The van der Waals surface area contributed by atoms with E-state index in [4.69, 9.17) is 9.15 Å². The molecule has 0 saturated heterocycles. The van der Waals surface area contributed by atoms with Gasteiger partial charge in [-0.3, -0.25) is 13.9 Å². The number of nitrogens with zero attached hydrogens (tertiary/aromatic N) is 3. The molecule has 1 atom stereocenters. The number of rotatable bonds is 5. The summed E-state index contributed by atoms with van der Waals surface area (Å²) in [6.07, 6.45) is 2.14. The Bertz CT molecular complexity index is 1500. The SMILES string of the molecule is COC([CH2][Hg+])Cc1cccc2cc(C(=O)[O-])c(=O)oc12.Cn1c(=O)c2[nH]cnc2n(C)c1=O.[Na+].[OH-]. The number of imidazole rings is 1. The molecule has 0 amide bonds. The minimum atomic E-state index is -1.53. The standard InChI is InChI=1S/C14H13O5.C7H8N4O2.Hg.Na.H2O/c1-8(18-2)6-9-4-3-5-10-7-11(13(15)16)14(17)19-12(9)10;1-10-5-4(8-3-9-5)6(12)11(2)7(10)13;;;/h3-5,7-8H,1,6H2,2H3,(H,15,16);3H,1-2H3,(H,8,9);;;1H2/q;;2*+1;/p-2. The number of aromatic amines is 1. The third-order valence-corrected chi connectivity index (χ3v) is 7.70. The number of para-hydroxylation sites is 1. The van der Waals surface area contributed by atoms with Crippen LogP contribution in [-0.2, 0) is 51.4 Å². The fourth-order valence-corrected chi connectivity index (χ4v) is 5.04. The number of carboxylic acid groups (broad SMARTS) is 1. The second kappa shape index (κ2) is 13.3. The van der Waals surface area contributed by atoms with E-state index in [0.717, 1.165) is 14.1 Å². The first kappa shape index (κ1) is 30.9. The number of aromatic nitrogens is 4. The topological polar surface area (TPSA) is 182 Å². The molecule has 0 fully saturated rings. The van der Waals surface area contributed by atoms with Crippen LogP contribution in [0.25, 0.3) is 22.1 Å². The van der Waals surface area contributed by atoms with Gasteiger partial charge in [-0.25, -0.2) is 9.78 Å². The Balaban J connectivity index is 0.000000356. The predicted octanol–water partition coefficient (Wildman–Crippen LogP) is -3.53. The molecule has 0 spiro atoms. The van der Waals surface area contributed by atoms with Crippen LogP contribution >= 0.6 is 0 Å². The Kier molecular flexibility index (Phi) is 11.7. The zero-order chi connectivity index (χ0) is 24.3. The van der Waals surface area contributed by atoms with Crippen LogP contribution in [-0.4, -0.2) is 43.8 Å². The number of aryl methyl sites for hydroxylation is 1. The molecule has 0 aliphatic rings. The Hall–Kier alpha value is -2.09. The number of carbonyl (C=O) groups excluding carboxylic acids is 1. The van der Waals surface area contributed by atoms with Crippen molar-refractivity contribution in [3.8, 4) is 0 Å². The van der Waals surface area contributed by atoms with Gasteiger partial charge in [-0.15, -0.1) is 0 Å². The van der Waals surface area contributed by atoms with Crippen LogP contribution in [0, 0.1) is 0 Å². The normalized spacial score (nSPS) is 11.2. The number of hydrogen-bond donors (Lipinski definition) is 1. The van der Waals surface area contributed by atoms with Crippen LogP contribution in [0.2, 0.25) is 3.93 Å². The van der Waals surface area contributed by atoms with Crippen molar-refractivity contribution >= 4 is 28.1 Å². The van der Waals surface area contributed by atoms with Crippen molar-refractivity contribution in [3.63, 3.8) is 0 Å². The quantitative estimate of drug-likeness (QED) is 0.165. The second-order valence-corrected chi connectivity index (χ2v) is 9.47. The first-order valence-corrected chi connectivity index (χ1v) is 13.8. The van der Waals surface area contributed by atoms with Crippen molar-refractivity contribution in [3.05, 3.63) is 73.0 Å². The number of aromatic carboxylic acids is 1. The van der Waals surface area contributed by atoms with Crippen molar-refractivity contribution in [2.45, 2.75) is 16.5 Å². The molecular formula is C21H21HgN4NaO8. The number of carbonyl (C=O) groups is 1. The average molecular weight is 681 g/mol. The first-order valence-electron chi connectivity index (χ1n) is 9.87. The van der Waals surface area contributed by atoms with Gasteiger partial charge in [-0.05, 0) is 0 Å². The molecular weight excluding hydrogens is 660 g/mol. The van der Waals surface area contributed by atoms with Gasteiger partial charge in [0.2, 0.25) is 0 Å². The van der Waals surface area contributed by atoms with Gasteiger partial charge in [0.25, 0.3) is 5.56 Å². The summed E-state index contributed by atoms with van der Waals surface area (Å²) >= 11 is 0.618. The number of hydrogen-bond acceptors (Lipinski definition) is 9. The van der Waals surface area contributed by atoms with E-state index in [9.17, 15) is 24.3 Å². The maximum atomic E-state index is 11.6. The van der Waals surface area contributed by atoms with Crippen LogP contribution in [0.1, 0.15) is 15.9 Å². The van der Waals surface area contributed by atoms with E-state index in [-0.39, 0.29) is 52.4 Å². The minimum absolute atomic E-state index is 0. The van der Waals surface area contributed by atoms with Crippen molar-refractivity contribution in [1.29, 1.82) is 0 Å². The van der Waals surface area contributed by atoms with Gasteiger partial charge in [-0.2, -0.15) is 0 Å². The van der Waals surface area contributed by atoms with Crippen LogP contribution < -0.4 is 51.5 Å². The molecule has 0 bridgehead atoms. The maximum absolute atomic E-state index is 11.6. The fraction of sp³-hybridized carbons (Fsp3) is 0.286. The summed E-state index contributed by atoms with van der Waals surface area (Å²) < 4.78 is 13.9. The number of fused-ring (bicyclic) bond motifs is 2. The number of methoxy groups -OCH3 is 1. The zero-order valence-corrected chi connectivity index (χ0v) is 27.2. The molecule has 1 unspecified atom stereocenters. The second-order valence-electron chi connectivity index (χ2n) is 7.23. The molecule has 0 radical (unpaired) electrons. The van der Waals surface area contributed by atoms with Gasteiger partial charge in [-0.1, -0.05) is 0 Å². The Morgan fingerprint density at radius 2 is 1.94 bits per heavy atom. The predicted molar refractivity (Wildman–Crippen MR) is 115 cm³/mol. The summed E-state index contributed by atoms with van der Waals surface area (Å²) in [6, 6.07) is 6.67. The minimum Gasteiger partial charge on any atom is -0.870 e. The van der Waals surface area contributed by atoms with Crippen LogP contribution in [0.4, 0.5) is 0 Å². The van der Waals surface area contributed by atoms with E-state index in [1.165, 1.54) is 24.0 Å². The van der Waals surface area contributed by atoms with Gasteiger partial charge in [0.15, 0.2) is 5.65 Å². The summed E-state index contributed by atoms with van der Waals surface area (Å²) in [6.45, 7) is 0.